The minimum absolute atomic E-state index is 0.0427. The minimum atomic E-state index is -2.34. The maximum Gasteiger partial charge on any atom is 0.257 e. The zero-order valence-electron chi connectivity index (χ0n) is 23.3. The second-order valence-corrected chi connectivity index (χ2v) is 11.2. The van der Waals surface area contributed by atoms with E-state index in [0.717, 1.165) is 16.2 Å². The minimum Gasteiger partial charge on any atom is -0.392 e. The van der Waals surface area contributed by atoms with Crippen LogP contribution in [0.5, 0.6) is 0 Å². The van der Waals surface area contributed by atoms with E-state index >= 15 is 0 Å². The molecular weight excluding hydrogens is 603 g/mol. The zero-order chi connectivity index (χ0) is 31.4. The lowest BCUT2D eigenvalue weighted by Gasteiger charge is -2.41. The van der Waals surface area contributed by atoms with E-state index in [-0.39, 0.29) is 31.3 Å². The van der Waals surface area contributed by atoms with Crippen LogP contribution in [0.1, 0.15) is 51.9 Å². The second-order valence-electron chi connectivity index (χ2n) is 10.2. The molecule has 0 aliphatic carbocycles. The number of ether oxygens (including phenoxy) is 2. The lowest BCUT2D eigenvalue weighted by atomic mass is 9.91. The molecule has 6 nitrogen and oxygen atoms in total. The van der Waals surface area contributed by atoms with Gasteiger partial charge in [-0.2, -0.15) is 0 Å². The fraction of sp³-hybridized carbons (Fsp3) is 0.250. The Morgan fingerprint density at radius 2 is 1.45 bits per heavy atom. The fourth-order valence-electron chi connectivity index (χ4n) is 4.78. The Morgan fingerprint density at radius 1 is 0.841 bits per heavy atom. The lowest BCUT2D eigenvalue weighted by molar-refractivity contribution is -0.268. The Hall–Kier alpha value is -3.84. The number of pyridine rings is 1. The van der Waals surface area contributed by atoms with Crippen LogP contribution < -0.4 is 5.32 Å². The van der Waals surface area contributed by atoms with Crippen LogP contribution in [0.15, 0.2) is 78.0 Å². The van der Waals surface area contributed by atoms with Crippen LogP contribution in [-0.2, 0) is 22.6 Å². The molecule has 4 aromatic rings. The highest BCUT2D eigenvalue weighted by Gasteiger charge is 2.38. The van der Waals surface area contributed by atoms with Gasteiger partial charge >= 0.3 is 0 Å². The summed E-state index contributed by atoms with van der Waals surface area (Å²) < 4.78 is 81.2. The number of amides is 1. The highest BCUT2D eigenvalue weighted by atomic mass is 32.2. The molecule has 1 fully saturated rings. The van der Waals surface area contributed by atoms with Gasteiger partial charge in [-0.05, 0) is 28.8 Å². The van der Waals surface area contributed by atoms with E-state index in [1.54, 1.807) is 42.2 Å². The van der Waals surface area contributed by atoms with E-state index in [0.29, 0.717) is 16.9 Å². The predicted octanol–water partition coefficient (Wildman–Crippen LogP) is 6.78. The van der Waals surface area contributed by atoms with Crippen molar-refractivity contribution in [2.24, 2.45) is 5.92 Å². The van der Waals surface area contributed by atoms with Gasteiger partial charge in [0, 0.05) is 30.0 Å². The molecule has 0 unspecified atom stereocenters. The molecule has 0 radical (unpaired) electrons. The number of carbonyl (C=O) groups excluding carboxylic acids is 1. The van der Waals surface area contributed by atoms with Crippen LogP contribution in [0.4, 0.5) is 22.0 Å². The molecule has 0 saturated carbocycles. The van der Waals surface area contributed by atoms with Gasteiger partial charge in [0.2, 0.25) is 5.82 Å². The smallest absolute Gasteiger partial charge is 0.257 e. The van der Waals surface area contributed by atoms with Crippen molar-refractivity contribution in [2.75, 3.05) is 5.75 Å². The van der Waals surface area contributed by atoms with Gasteiger partial charge in [-0.3, -0.25) is 4.79 Å². The van der Waals surface area contributed by atoms with Gasteiger partial charge in [-0.1, -0.05) is 61.5 Å². The molecule has 4 atom stereocenters. The summed E-state index contributed by atoms with van der Waals surface area (Å²) in [5, 5.41) is 12.5. The van der Waals surface area contributed by atoms with Crippen molar-refractivity contribution in [2.45, 2.75) is 43.6 Å². The normalized spacial score (nSPS) is 20.0. The molecule has 44 heavy (non-hydrogen) atoms. The van der Waals surface area contributed by atoms with Crippen LogP contribution >= 0.6 is 11.8 Å². The fourth-order valence-corrected chi connectivity index (χ4v) is 5.80. The van der Waals surface area contributed by atoms with Crippen molar-refractivity contribution >= 4 is 17.7 Å². The number of aliphatic hydroxyl groups is 1. The molecule has 1 amide bonds. The first-order valence-electron chi connectivity index (χ1n) is 13.6. The number of halogens is 5. The Kier molecular flexibility index (Phi) is 9.94. The average Bonchev–Trinajstić information content (AvgIpc) is 3.06. The van der Waals surface area contributed by atoms with Gasteiger partial charge in [0.25, 0.3) is 5.91 Å². The number of hydrogen-bond donors (Lipinski definition) is 2. The van der Waals surface area contributed by atoms with Gasteiger partial charge in [-0.25, -0.2) is 26.9 Å². The number of aliphatic hydroxyl groups excluding tert-OH is 1. The quantitative estimate of drug-likeness (QED) is 0.0919. The maximum absolute atomic E-state index is 14.0. The molecule has 2 N–H and O–H groups in total. The topological polar surface area (TPSA) is 80.7 Å². The molecule has 5 rings (SSSR count). The van der Waals surface area contributed by atoms with E-state index in [1.807, 2.05) is 49.4 Å². The van der Waals surface area contributed by atoms with E-state index in [9.17, 15) is 31.9 Å². The SMILES string of the molecule is C[C@@H]1[C@H](CSc2ccccn2)O[C@H](c2ccc(CNC(=O)c3c(F)c(F)c(F)c(F)c3F)cc2)O[C@@H]1c1ccc(CO)cc1. The molecular formula is C32H27F5N2O4S. The number of aromatic nitrogens is 1. The average molecular weight is 631 g/mol. The molecule has 1 aliphatic heterocycles. The first-order valence-corrected chi connectivity index (χ1v) is 14.6. The molecule has 3 aromatic carbocycles. The molecule has 230 valence electrons. The molecule has 0 bridgehead atoms. The summed E-state index contributed by atoms with van der Waals surface area (Å²) in [7, 11) is 0. The van der Waals surface area contributed by atoms with Gasteiger partial charge in [0.1, 0.15) is 5.56 Å². The lowest BCUT2D eigenvalue weighted by Crippen LogP contribution is -2.38. The Bertz CT molecular complexity index is 1580. The van der Waals surface area contributed by atoms with Gasteiger partial charge in [0.15, 0.2) is 29.6 Å². The summed E-state index contributed by atoms with van der Waals surface area (Å²) >= 11 is 1.56. The first kappa shape index (κ1) is 31.6. The van der Waals surface area contributed by atoms with E-state index < -0.39 is 46.8 Å². The second kappa shape index (κ2) is 13.9. The monoisotopic (exact) mass is 630 g/mol. The Balaban J connectivity index is 1.31. The molecule has 0 spiro atoms. The van der Waals surface area contributed by atoms with E-state index in [4.69, 9.17) is 9.47 Å². The van der Waals surface area contributed by atoms with Crippen molar-refractivity contribution < 1.29 is 41.3 Å². The predicted molar refractivity (Wildman–Crippen MR) is 152 cm³/mol. The standard InChI is InChI=1S/C32H27F5N2O4S/c1-17-22(16-44-23-4-2-3-13-38-23)42-32(43-30(17)20-9-7-19(15-40)8-10-20)21-11-5-18(6-12-21)14-39-31(41)24-25(33)27(35)29(37)28(36)26(24)34/h2-13,17,22,30,32,40H,14-16H2,1H3,(H,39,41)/t17-,22+,30+,32+/m1/s1. The van der Waals surface area contributed by atoms with Crippen LogP contribution in [0, 0.1) is 35.0 Å². The largest absolute Gasteiger partial charge is 0.392 e. The third kappa shape index (κ3) is 6.78. The summed E-state index contributed by atoms with van der Waals surface area (Å²) in [5.74, 6) is -12.0. The van der Waals surface area contributed by atoms with Gasteiger partial charge in [-0.15, -0.1) is 11.8 Å². The van der Waals surface area contributed by atoms with Crippen LogP contribution in [-0.4, -0.2) is 27.9 Å². The van der Waals surface area contributed by atoms with Crippen molar-refractivity contribution in [3.8, 4) is 0 Å². The van der Waals surface area contributed by atoms with E-state index in [1.165, 1.54) is 0 Å². The summed E-state index contributed by atoms with van der Waals surface area (Å²) in [5.41, 5.74) is 1.30. The van der Waals surface area contributed by atoms with Crippen molar-refractivity contribution in [1.29, 1.82) is 0 Å². The molecule has 1 aliphatic rings. The third-order valence-corrected chi connectivity index (χ3v) is 8.33. The number of hydrogen-bond acceptors (Lipinski definition) is 6. The van der Waals surface area contributed by atoms with Crippen LogP contribution in [0.25, 0.3) is 0 Å². The number of benzene rings is 3. The highest BCUT2D eigenvalue weighted by molar-refractivity contribution is 7.99. The third-order valence-electron chi connectivity index (χ3n) is 7.30. The van der Waals surface area contributed by atoms with Crippen molar-refractivity contribution in [3.63, 3.8) is 0 Å². The molecule has 12 heteroatoms. The van der Waals surface area contributed by atoms with Crippen molar-refractivity contribution in [3.05, 3.63) is 130 Å². The summed E-state index contributed by atoms with van der Waals surface area (Å²) in [4.78, 5) is 16.7. The van der Waals surface area contributed by atoms with Crippen LogP contribution in [0.2, 0.25) is 0 Å². The number of carbonyl (C=O) groups is 1. The number of rotatable bonds is 9. The van der Waals surface area contributed by atoms with Crippen LogP contribution in [0.3, 0.4) is 0 Å². The molecule has 1 saturated heterocycles. The summed E-state index contributed by atoms with van der Waals surface area (Å²) in [6.45, 7) is 1.72. The number of nitrogens with zero attached hydrogens (tertiary/aromatic N) is 1. The molecule has 1 aromatic heterocycles. The van der Waals surface area contributed by atoms with E-state index in [2.05, 4.69) is 10.3 Å². The summed E-state index contributed by atoms with van der Waals surface area (Å²) in [6, 6.07) is 19.8. The maximum atomic E-state index is 14.0. The number of thioether (sulfide) groups is 1. The van der Waals surface area contributed by atoms with Crippen molar-refractivity contribution in [1.82, 2.24) is 10.3 Å². The van der Waals surface area contributed by atoms with Gasteiger partial charge < -0.3 is 19.9 Å². The first-order chi connectivity index (χ1) is 21.2. The van der Waals surface area contributed by atoms with Gasteiger partial charge in [0.05, 0.1) is 23.8 Å². The zero-order valence-corrected chi connectivity index (χ0v) is 24.1. The summed E-state index contributed by atoms with van der Waals surface area (Å²) in [6.07, 6.45) is 0.387. The molecule has 2 heterocycles. The number of nitrogens with one attached hydrogen (secondary N) is 1. The Morgan fingerprint density at radius 3 is 2.07 bits per heavy atom. The Labute approximate surface area is 254 Å². The highest BCUT2D eigenvalue weighted by Crippen LogP contribution is 2.43.